The van der Waals surface area contributed by atoms with Crippen LogP contribution in [0.3, 0.4) is 0 Å². The Morgan fingerprint density at radius 1 is 1.39 bits per heavy atom. The van der Waals surface area contributed by atoms with Gasteiger partial charge in [0.05, 0.1) is 16.6 Å². The number of carbonyl (C=O) groups excluding carboxylic acids is 1. The number of rotatable bonds is 2. The molecule has 5 rings (SSSR count). The van der Waals surface area contributed by atoms with Gasteiger partial charge in [-0.1, -0.05) is 24.3 Å². The van der Waals surface area contributed by atoms with E-state index in [0.717, 1.165) is 0 Å². The second-order valence-electron chi connectivity index (χ2n) is 7.52. The van der Waals surface area contributed by atoms with E-state index in [1.54, 1.807) is 44.3 Å². The lowest BCUT2D eigenvalue weighted by Gasteiger charge is -2.33. The van der Waals surface area contributed by atoms with Gasteiger partial charge in [-0.3, -0.25) is 14.3 Å². The van der Waals surface area contributed by atoms with Gasteiger partial charge in [0.15, 0.2) is 11.2 Å². The second kappa shape index (κ2) is 6.09. The summed E-state index contributed by atoms with van der Waals surface area (Å²) in [6.07, 6.45) is 1.59. The maximum absolute atomic E-state index is 14.0. The Hall–Kier alpha value is -4.32. The molecule has 2 aromatic heterocycles. The molecule has 1 amide bonds. The first-order chi connectivity index (χ1) is 14.9. The molecule has 0 aliphatic carbocycles. The highest BCUT2D eigenvalue weighted by atomic mass is 16.5. The normalized spacial score (nSPS) is 19.4. The van der Waals surface area contributed by atoms with E-state index in [1.165, 1.54) is 9.58 Å². The smallest absolute Gasteiger partial charge is 0.258 e. The standard InChI is InChI=1S/C22H18N6O3/c1-4-9-28-14-8-6-5-7-12(14)22(21(28)30)13(10-23)18(24)31-17-15-11(2)26-27(3)19(15)25-20(29)16(17)22/h4-8H,1,9,24H2,2-3H3,(H,25,29). The monoisotopic (exact) mass is 414 g/mol. The van der Waals surface area contributed by atoms with Gasteiger partial charge < -0.3 is 20.4 Å². The van der Waals surface area contributed by atoms with Gasteiger partial charge in [-0.05, 0) is 13.0 Å². The fraction of sp³-hybridized carbons (Fsp3) is 0.182. The maximum Gasteiger partial charge on any atom is 0.258 e. The number of anilines is 1. The average Bonchev–Trinajstić information content (AvgIpc) is 3.15. The average molecular weight is 414 g/mol. The van der Waals surface area contributed by atoms with Gasteiger partial charge in [-0.25, -0.2) is 0 Å². The van der Waals surface area contributed by atoms with E-state index in [4.69, 9.17) is 10.5 Å². The van der Waals surface area contributed by atoms with Crippen molar-refractivity contribution < 1.29 is 9.53 Å². The summed E-state index contributed by atoms with van der Waals surface area (Å²) >= 11 is 0. The van der Waals surface area contributed by atoms with E-state index in [1.807, 2.05) is 6.07 Å². The predicted molar refractivity (Wildman–Crippen MR) is 113 cm³/mol. The number of hydrogen-bond acceptors (Lipinski definition) is 6. The number of benzene rings is 1. The predicted octanol–water partition coefficient (Wildman–Crippen LogP) is 1.48. The molecule has 0 bridgehead atoms. The molecule has 2 aliphatic rings. The molecular weight excluding hydrogens is 396 g/mol. The first-order valence-corrected chi connectivity index (χ1v) is 9.58. The first-order valence-electron chi connectivity index (χ1n) is 9.58. The van der Waals surface area contributed by atoms with E-state index in [0.29, 0.717) is 28.0 Å². The molecule has 31 heavy (non-hydrogen) atoms. The second-order valence-corrected chi connectivity index (χ2v) is 7.52. The summed E-state index contributed by atoms with van der Waals surface area (Å²) in [6, 6.07) is 9.09. The third-order valence-electron chi connectivity index (χ3n) is 5.93. The fourth-order valence-corrected chi connectivity index (χ4v) is 4.77. The lowest BCUT2D eigenvalue weighted by molar-refractivity contribution is -0.120. The number of pyridine rings is 1. The molecule has 9 nitrogen and oxygen atoms in total. The highest BCUT2D eigenvalue weighted by Gasteiger charge is 2.60. The Bertz CT molecular complexity index is 1450. The van der Waals surface area contributed by atoms with Crippen LogP contribution in [0.2, 0.25) is 0 Å². The van der Waals surface area contributed by atoms with Crippen LogP contribution >= 0.6 is 0 Å². The van der Waals surface area contributed by atoms with Crippen molar-refractivity contribution in [3.8, 4) is 11.8 Å². The van der Waals surface area contributed by atoms with Gasteiger partial charge in [0, 0.05) is 24.8 Å². The third kappa shape index (κ3) is 2.06. The maximum atomic E-state index is 14.0. The van der Waals surface area contributed by atoms with Crippen LogP contribution in [0.1, 0.15) is 16.8 Å². The van der Waals surface area contributed by atoms with Crippen LogP contribution < -0.4 is 20.9 Å². The first kappa shape index (κ1) is 18.7. The number of H-pyrrole nitrogens is 1. The van der Waals surface area contributed by atoms with Gasteiger partial charge in [-0.15, -0.1) is 6.58 Å². The molecule has 0 saturated heterocycles. The number of para-hydroxylation sites is 1. The zero-order valence-electron chi connectivity index (χ0n) is 16.9. The van der Waals surface area contributed by atoms with Crippen LogP contribution in [0.15, 0.2) is 53.2 Å². The van der Waals surface area contributed by atoms with Crippen molar-refractivity contribution in [2.24, 2.45) is 12.8 Å². The third-order valence-corrected chi connectivity index (χ3v) is 5.93. The summed E-state index contributed by atoms with van der Waals surface area (Å²) in [6.45, 7) is 5.71. The molecule has 1 atom stereocenters. The van der Waals surface area contributed by atoms with Crippen molar-refractivity contribution in [1.82, 2.24) is 14.8 Å². The minimum atomic E-state index is -1.73. The van der Waals surface area contributed by atoms with E-state index in [9.17, 15) is 14.9 Å². The minimum absolute atomic E-state index is 0.0332. The molecule has 1 aromatic carbocycles. The fourth-order valence-electron chi connectivity index (χ4n) is 4.77. The van der Waals surface area contributed by atoms with Crippen molar-refractivity contribution in [2.45, 2.75) is 12.3 Å². The quantitative estimate of drug-likeness (QED) is 0.611. The van der Waals surface area contributed by atoms with Gasteiger partial charge in [0.2, 0.25) is 11.8 Å². The topological polar surface area (TPSA) is 130 Å². The van der Waals surface area contributed by atoms with E-state index in [2.05, 4.69) is 16.7 Å². The van der Waals surface area contributed by atoms with E-state index >= 15 is 0 Å². The Labute approximate surface area is 176 Å². The number of nitrogens with zero attached hydrogens (tertiary/aromatic N) is 4. The van der Waals surface area contributed by atoms with Gasteiger partial charge in [0.25, 0.3) is 5.56 Å². The molecule has 154 valence electrons. The number of amides is 1. The molecule has 2 aliphatic heterocycles. The molecule has 0 saturated carbocycles. The van der Waals surface area contributed by atoms with Gasteiger partial charge in [-0.2, -0.15) is 10.4 Å². The Balaban J connectivity index is 2.01. The Morgan fingerprint density at radius 2 is 2.13 bits per heavy atom. The highest BCUT2D eigenvalue weighted by molar-refractivity contribution is 6.15. The molecule has 0 fully saturated rings. The number of carbonyl (C=O) groups is 1. The van der Waals surface area contributed by atoms with Crippen molar-refractivity contribution in [3.05, 3.63) is 75.6 Å². The number of ether oxygens (including phenoxy) is 1. The molecule has 1 spiro atoms. The van der Waals surface area contributed by atoms with E-state index in [-0.39, 0.29) is 29.3 Å². The molecule has 3 aromatic rings. The number of nitriles is 1. The summed E-state index contributed by atoms with van der Waals surface area (Å²) in [5, 5.41) is 14.9. The number of hydrogen-bond donors (Lipinski definition) is 2. The number of aromatic amines is 1. The summed E-state index contributed by atoms with van der Waals surface area (Å²) in [7, 11) is 1.69. The van der Waals surface area contributed by atoms with Gasteiger partial charge in [0.1, 0.15) is 17.3 Å². The van der Waals surface area contributed by atoms with Crippen LogP contribution in [0, 0.1) is 18.3 Å². The minimum Gasteiger partial charge on any atom is -0.439 e. The lowest BCUT2D eigenvalue weighted by atomic mass is 9.69. The molecule has 3 N–H and O–H groups in total. The van der Waals surface area contributed by atoms with Crippen LogP contribution in [-0.4, -0.2) is 27.2 Å². The molecule has 0 radical (unpaired) electrons. The SMILES string of the molecule is C=CCN1C(=O)C2(C(C#N)=C(N)Oc3c2c(=O)[nH]c2c3c(C)nn2C)c2ccccc21. The number of fused-ring (bicyclic) bond motifs is 6. The number of aryl methyl sites for hydroxylation is 2. The molecule has 1 unspecified atom stereocenters. The largest absolute Gasteiger partial charge is 0.439 e. The van der Waals surface area contributed by atoms with Crippen LogP contribution in [0.5, 0.6) is 5.75 Å². The summed E-state index contributed by atoms with van der Waals surface area (Å²) < 4.78 is 7.36. The van der Waals surface area contributed by atoms with Crippen LogP contribution in [0.4, 0.5) is 5.69 Å². The van der Waals surface area contributed by atoms with Crippen LogP contribution in [-0.2, 0) is 17.3 Å². The van der Waals surface area contributed by atoms with Gasteiger partial charge >= 0.3 is 0 Å². The number of aromatic nitrogens is 3. The van der Waals surface area contributed by atoms with Crippen molar-refractivity contribution in [1.29, 1.82) is 5.26 Å². The van der Waals surface area contributed by atoms with Crippen molar-refractivity contribution in [2.75, 3.05) is 11.4 Å². The summed E-state index contributed by atoms with van der Waals surface area (Å²) in [5.74, 6) is -0.526. The summed E-state index contributed by atoms with van der Waals surface area (Å²) in [5.41, 5.74) is 5.96. The van der Waals surface area contributed by atoms with E-state index < -0.39 is 16.9 Å². The van der Waals surface area contributed by atoms with Crippen LogP contribution in [0.25, 0.3) is 11.0 Å². The zero-order valence-corrected chi connectivity index (χ0v) is 16.9. The molecule has 4 heterocycles. The molecule has 9 heteroatoms. The highest BCUT2D eigenvalue weighted by Crippen LogP contribution is 2.55. The Morgan fingerprint density at radius 3 is 2.84 bits per heavy atom. The van der Waals surface area contributed by atoms with Crippen molar-refractivity contribution >= 4 is 22.6 Å². The Kier molecular flexibility index (Phi) is 3.67. The lowest BCUT2D eigenvalue weighted by Crippen LogP contribution is -2.49. The summed E-state index contributed by atoms with van der Waals surface area (Å²) in [4.78, 5) is 31.8. The van der Waals surface area contributed by atoms with Crippen molar-refractivity contribution in [3.63, 3.8) is 0 Å². The molecular formula is C22H18N6O3. The number of nitrogens with one attached hydrogen (secondary N) is 1. The zero-order chi connectivity index (χ0) is 22.1. The number of nitrogens with two attached hydrogens (primary N) is 1.